The van der Waals surface area contributed by atoms with Crippen molar-refractivity contribution < 1.29 is 14.7 Å². The maximum atomic E-state index is 11.7. The molecule has 0 aliphatic rings. The van der Waals surface area contributed by atoms with Gasteiger partial charge in [-0.05, 0) is 60.5 Å². The molecule has 0 aliphatic heterocycles. The standard InChI is InChI=1S/C23H18N4O3/c1-14-2-8-20(9-3-14)27-13-21(25-26-27)18-10-17(11-19(12-18)23(29)30)15-4-6-16(7-5-15)22(24)28/h2-13H,1H3,(H2,24,28)(H,29,30). The average Bonchev–Trinajstić information content (AvgIpc) is 3.24. The number of carbonyl (C=O) groups is 2. The molecule has 7 nitrogen and oxygen atoms in total. The molecule has 0 fully saturated rings. The Labute approximate surface area is 172 Å². The number of aromatic carboxylic acids is 1. The van der Waals surface area contributed by atoms with E-state index in [1.54, 1.807) is 47.3 Å². The minimum absolute atomic E-state index is 0.131. The van der Waals surface area contributed by atoms with Crippen molar-refractivity contribution in [3.63, 3.8) is 0 Å². The molecule has 30 heavy (non-hydrogen) atoms. The van der Waals surface area contributed by atoms with E-state index < -0.39 is 11.9 Å². The normalized spacial score (nSPS) is 10.7. The third kappa shape index (κ3) is 3.81. The predicted octanol–water partition coefficient (Wildman–Crippen LogP) is 3.71. The Kier molecular flexibility index (Phi) is 4.85. The van der Waals surface area contributed by atoms with Crippen molar-refractivity contribution in [1.29, 1.82) is 0 Å². The number of amides is 1. The zero-order chi connectivity index (χ0) is 21.3. The van der Waals surface area contributed by atoms with Gasteiger partial charge in [0.05, 0.1) is 17.4 Å². The zero-order valence-electron chi connectivity index (χ0n) is 16.1. The number of rotatable bonds is 5. The smallest absolute Gasteiger partial charge is 0.335 e. The van der Waals surface area contributed by atoms with Gasteiger partial charge in [0, 0.05) is 11.1 Å². The third-order valence-electron chi connectivity index (χ3n) is 4.77. The molecular weight excluding hydrogens is 380 g/mol. The summed E-state index contributed by atoms with van der Waals surface area (Å²) >= 11 is 0. The maximum Gasteiger partial charge on any atom is 0.335 e. The number of carboxylic acids is 1. The van der Waals surface area contributed by atoms with Crippen LogP contribution in [0.1, 0.15) is 26.3 Å². The molecule has 3 N–H and O–H groups in total. The Balaban J connectivity index is 1.76. The van der Waals surface area contributed by atoms with Gasteiger partial charge in [0.25, 0.3) is 0 Å². The molecule has 7 heteroatoms. The monoisotopic (exact) mass is 398 g/mol. The van der Waals surface area contributed by atoms with Crippen LogP contribution < -0.4 is 5.73 Å². The summed E-state index contributed by atoms with van der Waals surface area (Å²) in [6.07, 6.45) is 1.76. The van der Waals surface area contributed by atoms with Crippen molar-refractivity contribution in [1.82, 2.24) is 15.0 Å². The molecule has 1 heterocycles. The fourth-order valence-electron chi connectivity index (χ4n) is 3.11. The lowest BCUT2D eigenvalue weighted by molar-refractivity contribution is 0.0696. The fraction of sp³-hybridized carbons (Fsp3) is 0.0435. The molecule has 1 aromatic heterocycles. The molecule has 4 aromatic rings. The molecule has 0 aliphatic carbocycles. The average molecular weight is 398 g/mol. The molecule has 0 spiro atoms. The van der Waals surface area contributed by atoms with Gasteiger partial charge >= 0.3 is 5.97 Å². The van der Waals surface area contributed by atoms with Crippen LogP contribution in [0.25, 0.3) is 28.1 Å². The van der Waals surface area contributed by atoms with Crippen LogP contribution in [0.5, 0.6) is 0 Å². The second kappa shape index (κ2) is 7.63. The van der Waals surface area contributed by atoms with Crippen molar-refractivity contribution in [3.05, 3.63) is 89.6 Å². The van der Waals surface area contributed by atoms with Crippen LogP contribution in [0.3, 0.4) is 0 Å². The van der Waals surface area contributed by atoms with E-state index in [9.17, 15) is 14.7 Å². The number of hydrogen-bond donors (Lipinski definition) is 2. The Morgan fingerprint density at radius 2 is 1.53 bits per heavy atom. The lowest BCUT2D eigenvalue weighted by Crippen LogP contribution is -2.10. The number of hydrogen-bond acceptors (Lipinski definition) is 4. The van der Waals surface area contributed by atoms with Crippen LogP contribution >= 0.6 is 0 Å². The first-order valence-corrected chi connectivity index (χ1v) is 9.19. The molecule has 3 aromatic carbocycles. The number of aryl methyl sites for hydroxylation is 1. The van der Waals surface area contributed by atoms with Crippen molar-refractivity contribution in [3.8, 4) is 28.1 Å². The number of carboxylic acid groups (broad SMARTS) is 1. The lowest BCUT2D eigenvalue weighted by atomic mass is 9.97. The van der Waals surface area contributed by atoms with E-state index in [1.165, 1.54) is 0 Å². The van der Waals surface area contributed by atoms with Crippen LogP contribution in [0.2, 0.25) is 0 Å². The number of carbonyl (C=O) groups excluding carboxylic acids is 1. The van der Waals surface area contributed by atoms with Gasteiger partial charge in [-0.1, -0.05) is 35.0 Å². The van der Waals surface area contributed by atoms with Crippen LogP contribution in [0.15, 0.2) is 72.9 Å². The van der Waals surface area contributed by atoms with Crippen molar-refractivity contribution in [2.24, 2.45) is 5.73 Å². The number of nitrogens with two attached hydrogens (primary N) is 1. The van der Waals surface area contributed by atoms with Gasteiger partial charge in [0.2, 0.25) is 5.91 Å². The summed E-state index contributed by atoms with van der Waals surface area (Å²) in [6.45, 7) is 2.01. The fourth-order valence-corrected chi connectivity index (χ4v) is 3.11. The molecule has 0 saturated carbocycles. The van der Waals surface area contributed by atoms with E-state index in [0.717, 1.165) is 16.8 Å². The first-order chi connectivity index (χ1) is 14.4. The molecule has 0 unspecified atom stereocenters. The van der Waals surface area contributed by atoms with Crippen LogP contribution in [0, 0.1) is 6.92 Å². The second-order valence-electron chi connectivity index (χ2n) is 6.93. The summed E-state index contributed by atoms with van der Waals surface area (Å²) in [7, 11) is 0. The Hall–Kier alpha value is -4.26. The van der Waals surface area contributed by atoms with Gasteiger partial charge in [0.1, 0.15) is 5.69 Å². The van der Waals surface area contributed by atoms with Gasteiger partial charge in [-0.2, -0.15) is 0 Å². The minimum atomic E-state index is -1.04. The number of benzene rings is 3. The van der Waals surface area contributed by atoms with Crippen molar-refractivity contribution in [2.75, 3.05) is 0 Å². The van der Waals surface area contributed by atoms with E-state index in [0.29, 0.717) is 22.4 Å². The summed E-state index contributed by atoms with van der Waals surface area (Å²) in [4.78, 5) is 23.0. The highest BCUT2D eigenvalue weighted by molar-refractivity contribution is 5.94. The highest BCUT2D eigenvalue weighted by Crippen LogP contribution is 2.28. The Morgan fingerprint density at radius 1 is 0.867 bits per heavy atom. The predicted molar refractivity (Wildman–Crippen MR) is 112 cm³/mol. The summed E-state index contributed by atoms with van der Waals surface area (Å²) in [6, 6.07) is 19.5. The van der Waals surface area contributed by atoms with Gasteiger partial charge < -0.3 is 10.8 Å². The van der Waals surface area contributed by atoms with Crippen LogP contribution in [-0.2, 0) is 0 Å². The molecule has 0 saturated heterocycles. The Bertz CT molecular complexity index is 1240. The van der Waals surface area contributed by atoms with E-state index in [2.05, 4.69) is 10.3 Å². The van der Waals surface area contributed by atoms with Crippen molar-refractivity contribution in [2.45, 2.75) is 6.92 Å². The van der Waals surface area contributed by atoms with Gasteiger partial charge in [-0.25, -0.2) is 9.48 Å². The molecule has 4 rings (SSSR count). The van der Waals surface area contributed by atoms with Crippen molar-refractivity contribution >= 4 is 11.9 Å². The van der Waals surface area contributed by atoms with E-state index in [-0.39, 0.29) is 5.56 Å². The highest BCUT2D eigenvalue weighted by Gasteiger charge is 2.13. The summed E-state index contributed by atoms with van der Waals surface area (Å²) in [5, 5.41) is 17.9. The number of aromatic nitrogens is 3. The number of nitrogens with zero attached hydrogens (tertiary/aromatic N) is 3. The lowest BCUT2D eigenvalue weighted by Gasteiger charge is -2.07. The second-order valence-corrected chi connectivity index (χ2v) is 6.93. The van der Waals surface area contributed by atoms with Crippen LogP contribution in [0.4, 0.5) is 0 Å². The molecule has 0 radical (unpaired) electrons. The topological polar surface area (TPSA) is 111 Å². The third-order valence-corrected chi connectivity index (χ3v) is 4.77. The largest absolute Gasteiger partial charge is 0.478 e. The summed E-state index contributed by atoms with van der Waals surface area (Å²) in [5.41, 5.74) is 10.4. The molecule has 148 valence electrons. The quantitative estimate of drug-likeness (QED) is 0.532. The summed E-state index contributed by atoms with van der Waals surface area (Å²) < 4.78 is 1.64. The molecule has 1 amide bonds. The summed E-state index contributed by atoms with van der Waals surface area (Å²) in [5.74, 6) is -1.56. The highest BCUT2D eigenvalue weighted by atomic mass is 16.4. The minimum Gasteiger partial charge on any atom is -0.478 e. The SMILES string of the molecule is Cc1ccc(-n2cc(-c3cc(C(=O)O)cc(-c4ccc(C(N)=O)cc4)c3)nn2)cc1. The molecule has 0 atom stereocenters. The molecular formula is C23H18N4O3. The van der Waals surface area contributed by atoms with E-state index in [1.807, 2.05) is 37.3 Å². The maximum absolute atomic E-state index is 11.7. The van der Waals surface area contributed by atoms with Gasteiger partial charge in [-0.3, -0.25) is 4.79 Å². The molecule has 0 bridgehead atoms. The van der Waals surface area contributed by atoms with E-state index >= 15 is 0 Å². The zero-order valence-corrected chi connectivity index (χ0v) is 16.1. The van der Waals surface area contributed by atoms with Gasteiger partial charge in [-0.15, -0.1) is 5.10 Å². The van der Waals surface area contributed by atoms with Gasteiger partial charge in [0.15, 0.2) is 0 Å². The first kappa shape index (κ1) is 19.1. The van der Waals surface area contributed by atoms with Crippen LogP contribution in [-0.4, -0.2) is 32.0 Å². The Morgan fingerprint density at radius 3 is 2.17 bits per heavy atom. The first-order valence-electron chi connectivity index (χ1n) is 9.19. The van der Waals surface area contributed by atoms with E-state index in [4.69, 9.17) is 5.73 Å². The number of primary amides is 1.